The zero-order valence-electron chi connectivity index (χ0n) is 10.8. The van der Waals surface area contributed by atoms with Gasteiger partial charge < -0.3 is 4.90 Å². The zero-order chi connectivity index (χ0) is 14.1. The molecule has 0 radical (unpaired) electrons. The number of allylic oxidation sites excluding steroid dienone is 1. The van der Waals surface area contributed by atoms with Crippen molar-refractivity contribution in [1.82, 2.24) is 9.97 Å². The van der Waals surface area contributed by atoms with Gasteiger partial charge in [-0.25, -0.2) is 14.4 Å². The van der Waals surface area contributed by atoms with E-state index in [2.05, 4.69) is 21.4 Å². The summed E-state index contributed by atoms with van der Waals surface area (Å²) in [6.45, 7) is 4.99. The summed E-state index contributed by atoms with van der Waals surface area (Å²) in [6, 6.07) is 7.58. The Morgan fingerprint density at radius 2 is 2.20 bits per heavy atom. The van der Waals surface area contributed by atoms with Gasteiger partial charge in [-0.2, -0.15) is 0 Å². The monoisotopic (exact) mass is 289 g/mol. The Bertz CT molecular complexity index is 672. The number of hydrogen-bond acceptors (Lipinski definition) is 3. The normalized spacial score (nSPS) is 14.9. The molecule has 20 heavy (non-hydrogen) atoms. The van der Waals surface area contributed by atoms with E-state index < -0.39 is 5.82 Å². The molecule has 1 aromatic heterocycles. The van der Waals surface area contributed by atoms with Crippen LogP contribution < -0.4 is 4.90 Å². The fourth-order valence-electron chi connectivity index (χ4n) is 2.42. The molecule has 0 atom stereocenters. The SMILES string of the molecule is C=C1CCCN1c1cccc(-c2nc(Cl)ncc2F)c1. The van der Waals surface area contributed by atoms with Crippen LogP contribution in [-0.4, -0.2) is 16.5 Å². The fraction of sp³-hybridized carbons (Fsp3) is 0.200. The number of nitrogens with zero attached hydrogens (tertiary/aromatic N) is 3. The molecule has 1 aliphatic rings. The molecule has 1 aromatic carbocycles. The number of benzene rings is 1. The predicted molar refractivity (Wildman–Crippen MR) is 78.2 cm³/mol. The maximum absolute atomic E-state index is 13.8. The molecule has 0 amide bonds. The molecule has 0 bridgehead atoms. The highest BCUT2D eigenvalue weighted by Gasteiger charge is 2.17. The second kappa shape index (κ2) is 5.21. The third-order valence-electron chi connectivity index (χ3n) is 3.37. The second-order valence-electron chi connectivity index (χ2n) is 4.71. The van der Waals surface area contributed by atoms with E-state index in [4.69, 9.17) is 11.6 Å². The third kappa shape index (κ3) is 2.39. The van der Waals surface area contributed by atoms with Crippen LogP contribution in [0.4, 0.5) is 10.1 Å². The molecule has 5 heteroatoms. The van der Waals surface area contributed by atoms with E-state index in [1.165, 1.54) is 0 Å². The van der Waals surface area contributed by atoms with Crippen molar-refractivity contribution in [2.75, 3.05) is 11.4 Å². The van der Waals surface area contributed by atoms with E-state index in [0.717, 1.165) is 37.0 Å². The molecular formula is C15H13ClFN3. The van der Waals surface area contributed by atoms with Crippen LogP contribution in [0.25, 0.3) is 11.3 Å². The van der Waals surface area contributed by atoms with E-state index in [1.54, 1.807) is 0 Å². The zero-order valence-corrected chi connectivity index (χ0v) is 11.6. The van der Waals surface area contributed by atoms with Crippen molar-refractivity contribution in [2.24, 2.45) is 0 Å². The summed E-state index contributed by atoms with van der Waals surface area (Å²) in [4.78, 5) is 9.74. The summed E-state index contributed by atoms with van der Waals surface area (Å²) in [5.41, 5.74) is 2.99. The molecule has 2 heterocycles. The molecular weight excluding hydrogens is 277 g/mol. The summed E-state index contributed by atoms with van der Waals surface area (Å²) in [5, 5.41) is 0.0392. The number of anilines is 1. The van der Waals surface area contributed by atoms with Crippen molar-refractivity contribution in [1.29, 1.82) is 0 Å². The fourth-order valence-corrected chi connectivity index (χ4v) is 2.55. The summed E-state index contributed by atoms with van der Waals surface area (Å²) in [5.74, 6) is -0.480. The Balaban J connectivity index is 2.03. The Hall–Kier alpha value is -1.94. The van der Waals surface area contributed by atoms with Gasteiger partial charge >= 0.3 is 0 Å². The lowest BCUT2D eigenvalue weighted by molar-refractivity contribution is 0.618. The van der Waals surface area contributed by atoms with E-state index >= 15 is 0 Å². The molecule has 0 spiro atoms. The van der Waals surface area contributed by atoms with Gasteiger partial charge in [-0.1, -0.05) is 18.7 Å². The van der Waals surface area contributed by atoms with Crippen LogP contribution in [0.1, 0.15) is 12.8 Å². The number of halogens is 2. The van der Waals surface area contributed by atoms with E-state index in [1.807, 2.05) is 24.3 Å². The van der Waals surface area contributed by atoms with E-state index in [0.29, 0.717) is 5.56 Å². The summed E-state index contributed by atoms with van der Waals surface area (Å²) < 4.78 is 13.8. The summed E-state index contributed by atoms with van der Waals surface area (Å²) in [6.07, 6.45) is 3.18. The molecule has 0 unspecified atom stereocenters. The first-order chi connectivity index (χ1) is 9.65. The van der Waals surface area contributed by atoms with Gasteiger partial charge in [-0.3, -0.25) is 0 Å². The Kier molecular flexibility index (Phi) is 3.40. The smallest absolute Gasteiger partial charge is 0.223 e. The minimum Gasteiger partial charge on any atom is -0.346 e. The minimum absolute atomic E-state index is 0.0392. The van der Waals surface area contributed by atoms with Crippen LogP contribution >= 0.6 is 11.6 Å². The molecule has 3 rings (SSSR count). The second-order valence-corrected chi connectivity index (χ2v) is 5.05. The van der Waals surface area contributed by atoms with E-state index in [9.17, 15) is 4.39 Å². The molecule has 3 nitrogen and oxygen atoms in total. The highest BCUT2D eigenvalue weighted by molar-refractivity contribution is 6.28. The lowest BCUT2D eigenvalue weighted by Gasteiger charge is -2.20. The quantitative estimate of drug-likeness (QED) is 0.781. The van der Waals surface area contributed by atoms with Crippen molar-refractivity contribution >= 4 is 17.3 Å². The van der Waals surface area contributed by atoms with Crippen LogP contribution in [0.3, 0.4) is 0 Å². The molecule has 0 aliphatic carbocycles. The highest BCUT2D eigenvalue weighted by Crippen LogP contribution is 2.31. The van der Waals surface area contributed by atoms with Gasteiger partial charge in [-0.15, -0.1) is 0 Å². The first-order valence-electron chi connectivity index (χ1n) is 6.39. The maximum atomic E-state index is 13.8. The van der Waals surface area contributed by atoms with Gasteiger partial charge in [0.05, 0.1) is 6.20 Å². The van der Waals surface area contributed by atoms with Gasteiger partial charge in [-0.05, 0) is 36.6 Å². The Labute approximate surface area is 121 Å². The molecule has 0 N–H and O–H groups in total. The average Bonchev–Trinajstić information content (AvgIpc) is 2.88. The molecule has 1 saturated heterocycles. The van der Waals surface area contributed by atoms with Gasteiger partial charge in [0.15, 0.2) is 5.82 Å². The lowest BCUT2D eigenvalue weighted by Crippen LogP contribution is -2.15. The first-order valence-corrected chi connectivity index (χ1v) is 6.77. The highest BCUT2D eigenvalue weighted by atomic mass is 35.5. The van der Waals surface area contributed by atoms with Crippen molar-refractivity contribution < 1.29 is 4.39 Å². The molecule has 2 aromatic rings. The number of aromatic nitrogens is 2. The van der Waals surface area contributed by atoms with Crippen LogP contribution in [0.2, 0.25) is 5.28 Å². The molecule has 102 valence electrons. The maximum Gasteiger partial charge on any atom is 0.223 e. The topological polar surface area (TPSA) is 29.0 Å². The largest absolute Gasteiger partial charge is 0.346 e. The average molecular weight is 290 g/mol. The third-order valence-corrected chi connectivity index (χ3v) is 3.56. The van der Waals surface area contributed by atoms with Crippen molar-refractivity contribution in [3.8, 4) is 11.3 Å². The van der Waals surface area contributed by atoms with Crippen molar-refractivity contribution in [3.63, 3.8) is 0 Å². The Morgan fingerprint density at radius 3 is 2.95 bits per heavy atom. The van der Waals surface area contributed by atoms with Gasteiger partial charge in [0, 0.05) is 23.5 Å². The van der Waals surface area contributed by atoms with Crippen LogP contribution in [0.15, 0.2) is 42.7 Å². The standard InChI is InChI=1S/C15H13ClFN3/c1-10-4-3-7-20(10)12-6-2-5-11(8-12)14-13(17)9-18-15(16)19-14/h2,5-6,8-9H,1,3-4,7H2. The number of rotatable bonds is 2. The first kappa shape index (κ1) is 13.1. The van der Waals surface area contributed by atoms with Crippen LogP contribution in [0.5, 0.6) is 0 Å². The predicted octanol–water partition coefficient (Wildman–Crippen LogP) is 4.05. The summed E-state index contributed by atoms with van der Waals surface area (Å²) in [7, 11) is 0. The van der Waals surface area contributed by atoms with Crippen molar-refractivity contribution in [3.05, 3.63) is 53.8 Å². The van der Waals surface area contributed by atoms with Crippen molar-refractivity contribution in [2.45, 2.75) is 12.8 Å². The molecule has 1 aliphatic heterocycles. The van der Waals surface area contributed by atoms with Crippen LogP contribution in [0, 0.1) is 5.82 Å². The van der Waals surface area contributed by atoms with Gasteiger partial charge in [0.1, 0.15) is 5.69 Å². The Morgan fingerprint density at radius 1 is 1.35 bits per heavy atom. The molecule has 0 saturated carbocycles. The summed E-state index contributed by atoms with van der Waals surface area (Å²) >= 11 is 5.74. The van der Waals surface area contributed by atoms with Gasteiger partial charge in [0.2, 0.25) is 5.28 Å². The van der Waals surface area contributed by atoms with Gasteiger partial charge in [0.25, 0.3) is 0 Å². The lowest BCUT2D eigenvalue weighted by atomic mass is 10.1. The molecule has 1 fully saturated rings. The van der Waals surface area contributed by atoms with E-state index in [-0.39, 0.29) is 11.0 Å². The minimum atomic E-state index is -0.480. The van der Waals surface area contributed by atoms with Crippen LogP contribution in [-0.2, 0) is 0 Å². The number of hydrogen-bond donors (Lipinski definition) is 0.